The number of fused-ring (bicyclic) bond motifs is 1. The standard InChI is InChI=1S/C14H19IN4O2/c1-4-12(20)17(5-2)9-13(21)18-6-7-19-11(8-18)14(15)10(3)16-19/h4H,1,5-9H2,2-3H3. The van der Waals surface area contributed by atoms with E-state index in [1.165, 1.54) is 11.0 Å². The highest BCUT2D eigenvalue weighted by Crippen LogP contribution is 2.21. The molecule has 1 aromatic rings. The number of carbonyl (C=O) groups excluding carboxylic acids is 2. The van der Waals surface area contributed by atoms with Gasteiger partial charge in [-0.1, -0.05) is 6.58 Å². The van der Waals surface area contributed by atoms with Gasteiger partial charge in [0.2, 0.25) is 11.8 Å². The largest absolute Gasteiger partial charge is 0.333 e. The van der Waals surface area contributed by atoms with E-state index in [2.05, 4.69) is 34.3 Å². The van der Waals surface area contributed by atoms with Gasteiger partial charge >= 0.3 is 0 Å². The van der Waals surface area contributed by atoms with Gasteiger partial charge in [-0.2, -0.15) is 5.10 Å². The summed E-state index contributed by atoms with van der Waals surface area (Å²) >= 11 is 2.27. The lowest BCUT2D eigenvalue weighted by Gasteiger charge is -2.30. The van der Waals surface area contributed by atoms with Crippen LogP contribution < -0.4 is 0 Å². The highest BCUT2D eigenvalue weighted by Gasteiger charge is 2.26. The lowest BCUT2D eigenvalue weighted by molar-refractivity contribution is -0.139. The van der Waals surface area contributed by atoms with Gasteiger partial charge in [-0.05, 0) is 42.5 Å². The second-order valence-electron chi connectivity index (χ2n) is 4.94. The second kappa shape index (κ2) is 6.59. The fourth-order valence-corrected chi connectivity index (χ4v) is 2.93. The van der Waals surface area contributed by atoms with Crippen LogP contribution >= 0.6 is 22.6 Å². The van der Waals surface area contributed by atoms with Crippen molar-refractivity contribution in [2.45, 2.75) is 26.9 Å². The quantitative estimate of drug-likeness (QED) is 0.562. The Morgan fingerprint density at radius 1 is 1.48 bits per heavy atom. The normalized spacial score (nSPS) is 13.8. The maximum atomic E-state index is 12.4. The smallest absolute Gasteiger partial charge is 0.246 e. The van der Waals surface area contributed by atoms with Crippen molar-refractivity contribution in [2.75, 3.05) is 19.6 Å². The number of likely N-dealkylation sites (N-methyl/N-ethyl adjacent to an activating group) is 1. The van der Waals surface area contributed by atoms with Gasteiger partial charge < -0.3 is 9.80 Å². The highest BCUT2D eigenvalue weighted by molar-refractivity contribution is 14.1. The zero-order valence-corrected chi connectivity index (χ0v) is 14.5. The number of nitrogens with zero attached hydrogens (tertiary/aromatic N) is 4. The zero-order chi connectivity index (χ0) is 15.6. The minimum Gasteiger partial charge on any atom is -0.333 e. The molecule has 0 spiro atoms. The van der Waals surface area contributed by atoms with Crippen molar-refractivity contribution in [2.24, 2.45) is 0 Å². The molecule has 0 saturated carbocycles. The van der Waals surface area contributed by atoms with Gasteiger partial charge in [0.15, 0.2) is 0 Å². The average molecular weight is 402 g/mol. The van der Waals surface area contributed by atoms with Crippen LogP contribution in [0.1, 0.15) is 18.3 Å². The molecule has 0 N–H and O–H groups in total. The van der Waals surface area contributed by atoms with E-state index in [0.717, 1.165) is 15.0 Å². The number of hydrogen-bond acceptors (Lipinski definition) is 3. The van der Waals surface area contributed by atoms with Crippen LogP contribution in [0.2, 0.25) is 0 Å². The van der Waals surface area contributed by atoms with E-state index in [1.807, 2.05) is 18.5 Å². The molecule has 114 valence electrons. The van der Waals surface area contributed by atoms with E-state index in [4.69, 9.17) is 0 Å². The van der Waals surface area contributed by atoms with Gasteiger partial charge in [0.25, 0.3) is 0 Å². The van der Waals surface area contributed by atoms with Crippen molar-refractivity contribution in [3.8, 4) is 0 Å². The third-order valence-electron chi connectivity index (χ3n) is 3.62. The van der Waals surface area contributed by atoms with E-state index in [-0.39, 0.29) is 18.4 Å². The van der Waals surface area contributed by atoms with Gasteiger partial charge in [-0.3, -0.25) is 14.3 Å². The molecule has 0 saturated heterocycles. The first-order chi connectivity index (χ1) is 9.97. The van der Waals surface area contributed by atoms with Crippen molar-refractivity contribution >= 4 is 34.4 Å². The van der Waals surface area contributed by atoms with E-state index < -0.39 is 0 Å². The van der Waals surface area contributed by atoms with Crippen LogP contribution in [0, 0.1) is 10.5 Å². The van der Waals surface area contributed by atoms with Crippen molar-refractivity contribution in [3.05, 3.63) is 27.6 Å². The number of hydrogen-bond donors (Lipinski definition) is 0. The molecule has 0 unspecified atom stereocenters. The molecular formula is C14H19IN4O2. The van der Waals surface area contributed by atoms with Crippen molar-refractivity contribution in [1.29, 1.82) is 0 Å². The number of halogens is 1. The Kier molecular flexibility index (Phi) is 5.02. The van der Waals surface area contributed by atoms with Gasteiger partial charge in [-0.25, -0.2) is 0 Å². The molecule has 0 fully saturated rings. The summed E-state index contributed by atoms with van der Waals surface area (Å²) in [5.41, 5.74) is 2.07. The van der Waals surface area contributed by atoms with Crippen LogP contribution in [0.5, 0.6) is 0 Å². The van der Waals surface area contributed by atoms with Gasteiger partial charge in [0, 0.05) is 13.1 Å². The van der Waals surface area contributed by atoms with Gasteiger partial charge in [0.05, 0.1) is 28.0 Å². The van der Waals surface area contributed by atoms with Crippen molar-refractivity contribution in [3.63, 3.8) is 0 Å². The van der Waals surface area contributed by atoms with E-state index >= 15 is 0 Å². The maximum absolute atomic E-state index is 12.4. The molecule has 1 aliphatic rings. The molecule has 0 aliphatic carbocycles. The summed E-state index contributed by atoms with van der Waals surface area (Å²) in [4.78, 5) is 27.3. The molecular weight excluding hydrogens is 383 g/mol. The fourth-order valence-electron chi connectivity index (χ4n) is 2.37. The Morgan fingerprint density at radius 3 is 2.81 bits per heavy atom. The number of amides is 2. The summed E-state index contributed by atoms with van der Waals surface area (Å²) in [6, 6.07) is 0. The molecule has 6 nitrogen and oxygen atoms in total. The molecule has 1 aromatic heterocycles. The molecule has 0 bridgehead atoms. The summed E-state index contributed by atoms with van der Waals surface area (Å²) in [5, 5.41) is 4.46. The monoisotopic (exact) mass is 402 g/mol. The Labute approximate surface area is 137 Å². The van der Waals surface area contributed by atoms with Crippen LogP contribution in [0.25, 0.3) is 0 Å². The maximum Gasteiger partial charge on any atom is 0.246 e. The fraction of sp³-hybridized carbons (Fsp3) is 0.500. The van der Waals surface area contributed by atoms with Crippen LogP contribution in [0.3, 0.4) is 0 Å². The topological polar surface area (TPSA) is 58.4 Å². The minimum atomic E-state index is -0.210. The summed E-state index contributed by atoms with van der Waals surface area (Å²) < 4.78 is 3.08. The number of aromatic nitrogens is 2. The Morgan fingerprint density at radius 2 is 2.19 bits per heavy atom. The third kappa shape index (κ3) is 3.28. The molecule has 0 radical (unpaired) electrons. The average Bonchev–Trinajstić information content (AvgIpc) is 2.78. The number of rotatable bonds is 4. The van der Waals surface area contributed by atoms with E-state index in [1.54, 1.807) is 4.90 Å². The lowest BCUT2D eigenvalue weighted by Crippen LogP contribution is -2.45. The molecule has 2 amide bonds. The first kappa shape index (κ1) is 16.0. The number of carbonyl (C=O) groups is 2. The van der Waals surface area contributed by atoms with Crippen LogP contribution in [0.15, 0.2) is 12.7 Å². The first-order valence-corrected chi connectivity index (χ1v) is 7.96. The Hall–Kier alpha value is -1.38. The van der Waals surface area contributed by atoms with Crippen LogP contribution in [-0.2, 0) is 22.7 Å². The van der Waals surface area contributed by atoms with Gasteiger partial charge in [0.1, 0.15) is 6.54 Å². The molecule has 7 heteroatoms. The van der Waals surface area contributed by atoms with Crippen molar-refractivity contribution < 1.29 is 9.59 Å². The summed E-state index contributed by atoms with van der Waals surface area (Å²) in [6.45, 7) is 9.77. The second-order valence-corrected chi connectivity index (χ2v) is 6.02. The highest BCUT2D eigenvalue weighted by atomic mass is 127. The predicted molar refractivity (Wildman–Crippen MR) is 87.5 cm³/mol. The molecule has 0 aromatic carbocycles. The summed E-state index contributed by atoms with van der Waals surface area (Å²) in [7, 11) is 0. The Balaban J connectivity index is 2.06. The van der Waals surface area contributed by atoms with E-state index in [0.29, 0.717) is 26.2 Å². The third-order valence-corrected chi connectivity index (χ3v) is 5.03. The molecule has 2 heterocycles. The van der Waals surface area contributed by atoms with Crippen molar-refractivity contribution in [1.82, 2.24) is 19.6 Å². The molecule has 0 atom stereocenters. The number of aryl methyl sites for hydroxylation is 1. The minimum absolute atomic E-state index is 0.0343. The Bertz CT molecular complexity index is 582. The predicted octanol–water partition coefficient (Wildman–Crippen LogP) is 1.17. The van der Waals surface area contributed by atoms with Crippen LogP contribution in [-0.4, -0.2) is 51.0 Å². The first-order valence-electron chi connectivity index (χ1n) is 6.88. The zero-order valence-electron chi connectivity index (χ0n) is 12.3. The van der Waals surface area contributed by atoms with E-state index in [9.17, 15) is 9.59 Å². The van der Waals surface area contributed by atoms with Crippen LogP contribution in [0.4, 0.5) is 0 Å². The summed E-state index contributed by atoms with van der Waals surface area (Å²) in [5.74, 6) is -0.244. The molecule has 21 heavy (non-hydrogen) atoms. The molecule has 1 aliphatic heterocycles. The summed E-state index contributed by atoms with van der Waals surface area (Å²) in [6.07, 6.45) is 1.24. The van der Waals surface area contributed by atoms with Gasteiger partial charge in [-0.15, -0.1) is 0 Å². The molecule has 2 rings (SSSR count). The SMILES string of the molecule is C=CC(=O)N(CC)CC(=O)N1CCn2nc(C)c(I)c2C1. The lowest BCUT2D eigenvalue weighted by atomic mass is 10.2.